The summed E-state index contributed by atoms with van der Waals surface area (Å²) in [5.74, 6) is 0. The number of nitrogens with zero attached hydrogens (tertiary/aromatic N) is 1. The molecule has 0 saturated carbocycles. The zero-order valence-electron chi connectivity index (χ0n) is 8.68. The van der Waals surface area contributed by atoms with E-state index in [0.29, 0.717) is 11.4 Å². The lowest BCUT2D eigenvalue weighted by Gasteiger charge is -1.92. The maximum Gasteiger partial charge on any atom is 0.0818 e. The second-order valence-corrected chi connectivity index (χ2v) is 2.23. The highest BCUT2D eigenvalue weighted by Gasteiger charge is 1.92. The van der Waals surface area contributed by atoms with Crippen LogP contribution in [0.1, 0.15) is 4.11 Å². The lowest BCUT2D eigenvalue weighted by molar-refractivity contribution is 0.969. The van der Waals surface area contributed by atoms with Gasteiger partial charge >= 0.3 is 0 Å². The summed E-state index contributed by atoms with van der Waals surface area (Å²) >= 11 is 0. The van der Waals surface area contributed by atoms with Crippen molar-refractivity contribution in [1.82, 2.24) is 4.57 Å². The third kappa shape index (κ3) is 0.637. The Morgan fingerprint density at radius 1 is 1.40 bits per heavy atom. The van der Waals surface area contributed by atoms with Crippen molar-refractivity contribution in [3.63, 3.8) is 0 Å². The van der Waals surface area contributed by atoms with Crippen LogP contribution in [0.3, 0.4) is 0 Å². The zero-order chi connectivity index (χ0) is 9.59. The number of hydrogen-bond donors (Lipinski definition) is 0. The molecular weight excluding hydrogens is 122 g/mol. The van der Waals surface area contributed by atoms with Crippen LogP contribution < -0.4 is 0 Å². The first kappa shape index (κ1) is 3.24. The third-order valence-corrected chi connectivity index (χ3v) is 1.54. The Balaban J connectivity index is 3.03. The van der Waals surface area contributed by atoms with Gasteiger partial charge in [-0.05, 0) is 17.5 Å². The van der Waals surface area contributed by atoms with Crippen molar-refractivity contribution in [1.29, 1.82) is 0 Å². The predicted molar refractivity (Wildman–Crippen MR) is 42.9 cm³/mol. The smallest absolute Gasteiger partial charge is 0.0818 e. The minimum Gasteiger partial charge on any atom is -0.351 e. The van der Waals surface area contributed by atoms with E-state index in [0.717, 1.165) is 5.52 Å². The van der Waals surface area contributed by atoms with Gasteiger partial charge in [-0.25, -0.2) is 0 Å². The van der Waals surface area contributed by atoms with E-state index in [9.17, 15) is 0 Å². The first-order valence-corrected chi connectivity index (χ1v) is 3.14. The molecule has 50 valence electrons. The highest BCUT2D eigenvalue weighted by molar-refractivity contribution is 5.79. The fourth-order valence-electron chi connectivity index (χ4n) is 1.01. The molecule has 1 heterocycles. The van der Waals surface area contributed by atoms with E-state index in [-0.39, 0.29) is 12.2 Å². The van der Waals surface area contributed by atoms with Gasteiger partial charge in [0.05, 0.1) is 4.11 Å². The van der Waals surface area contributed by atoms with Gasteiger partial charge in [0.15, 0.2) is 0 Å². The molecule has 1 nitrogen and oxygen atoms in total. The molecule has 10 heavy (non-hydrogen) atoms. The van der Waals surface area contributed by atoms with E-state index in [2.05, 4.69) is 0 Å². The predicted octanol–water partition coefficient (Wildman–Crippen LogP) is 2.18. The van der Waals surface area contributed by atoms with E-state index in [1.807, 2.05) is 6.07 Å². The van der Waals surface area contributed by atoms with Gasteiger partial charge in [-0.3, -0.25) is 0 Å². The van der Waals surface area contributed by atoms with Crippen LogP contribution >= 0.6 is 0 Å². The molecule has 0 atom stereocenters. The Morgan fingerprint density at radius 2 is 2.30 bits per heavy atom. The lowest BCUT2D eigenvalue weighted by atomic mass is 10.2. The third-order valence-electron chi connectivity index (χ3n) is 1.54. The first-order chi connectivity index (χ1) is 6.13. The highest BCUT2D eigenvalue weighted by Crippen LogP contribution is 2.12. The molecule has 0 aliphatic heterocycles. The van der Waals surface area contributed by atoms with Crippen molar-refractivity contribution in [2.45, 2.75) is 0 Å². The second-order valence-electron chi connectivity index (χ2n) is 2.23. The van der Waals surface area contributed by atoms with Crippen molar-refractivity contribution in [2.75, 3.05) is 0 Å². The Morgan fingerprint density at radius 3 is 3.10 bits per heavy atom. The zero-order valence-corrected chi connectivity index (χ0v) is 5.68. The number of hydrogen-bond acceptors (Lipinski definition) is 0. The number of aryl methyl sites for hydroxylation is 1. The minimum atomic E-state index is 0.142. The molecule has 0 aliphatic carbocycles. The average Bonchev–Trinajstić information content (AvgIpc) is 2.33. The Kier molecular flexibility index (Phi) is 0.607. The summed E-state index contributed by atoms with van der Waals surface area (Å²) in [7, 11) is 1.74. The fourth-order valence-corrected chi connectivity index (χ4v) is 1.01. The summed E-state index contributed by atoms with van der Waals surface area (Å²) in [6.45, 7) is 0. The van der Waals surface area contributed by atoms with Crippen molar-refractivity contribution in [3.8, 4) is 0 Å². The lowest BCUT2D eigenvalue weighted by Crippen LogP contribution is -1.81. The highest BCUT2D eigenvalue weighted by atomic mass is 14.9. The van der Waals surface area contributed by atoms with Gasteiger partial charge in [0.2, 0.25) is 0 Å². The summed E-state index contributed by atoms with van der Waals surface area (Å²) in [6, 6.07) is 5.69. The van der Waals surface area contributed by atoms with Gasteiger partial charge < -0.3 is 4.57 Å². The van der Waals surface area contributed by atoms with Crippen molar-refractivity contribution in [3.05, 3.63) is 36.5 Å². The van der Waals surface area contributed by atoms with E-state index < -0.39 is 0 Å². The summed E-state index contributed by atoms with van der Waals surface area (Å²) in [5, 5.41) is 0.565. The quantitative estimate of drug-likeness (QED) is 0.520. The Bertz CT molecular complexity index is 473. The largest absolute Gasteiger partial charge is 0.351 e. The monoisotopic (exact) mass is 134 g/mol. The van der Waals surface area contributed by atoms with Crippen LogP contribution in [0.2, 0.25) is 0 Å². The molecule has 0 amide bonds. The number of fused-ring (bicyclic) bond motifs is 1. The molecule has 1 aromatic carbocycles. The summed E-state index contributed by atoms with van der Waals surface area (Å²) in [6.07, 6.45) is 0.162. The van der Waals surface area contributed by atoms with Gasteiger partial charge in [0.25, 0.3) is 0 Å². The number of para-hydroxylation sites is 1. The van der Waals surface area contributed by atoms with Gasteiger partial charge in [-0.1, -0.05) is 18.2 Å². The molecular formula is C9H9N. The molecule has 1 aromatic heterocycles. The van der Waals surface area contributed by atoms with Crippen LogP contribution in [-0.2, 0) is 7.05 Å². The maximum absolute atomic E-state index is 7.62. The molecule has 1 heteroatoms. The van der Waals surface area contributed by atoms with Crippen LogP contribution in [0.5, 0.6) is 0 Å². The van der Waals surface area contributed by atoms with E-state index in [1.54, 1.807) is 23.7 Å². The molecule has 0 unspecified atom stereocenters. The number of benzene rings is 1. The van der Waals surface area contributed by atoms with Crippen molar-refractivity contribution >= 4 is 10.9 Å². The van der Waals surface area contributed by atoms with Gasteiger partial charge in [0.1, 0.15) is 0 Å². The van der Waals surface area contributed by atoms with Gasteiger partial charge in [0, 0.05) is 18.7 Å². The summed E-state index contributed by atoms with van der Waals surface area (Å²) in [4.78, 5) is 0. The molecule has 2 aromatic rings. The topological polar surface area (TPSA) is 4.93 Å². The van der Waals surface area contributed by atoms with Crippen LogP contribution in [0.25, 0.3) is 10.9 Å². The molecule has 0 bridgehead atoms. The van der Waals surface area contributed by atoms with E-state index in [1.165, 1.54) is 0 Å². The average molecular weight is 134 g/mol. The minimum absolute atomic E-state index is 0.142. The second kappa shape index (κ2) is 1.87. The standard InChI is InChI=1S/C9H9N/c1-10-7-6-8-4-2-3-5-9(8)10/h2-7H,1H3/i4D,6D,7D. The van der Waals surface area contributed by atoms with Gasteiger partial charge in [-0.15, -0.1) is 0 Å². The SMILES string of the molecule is [2H]c1cccc2c1c([2H])c([2H])n2C. The number of rotatable bonds is 0. The van der Waals surface area contributed by atoms with Crippen molar-refractivity contribution in [2.24, 2.45) is 7.05 Å². The van der Waals surface area contributed by atoms with Crippen LogP contribution in [-0.4, -0.2) is 4.57 Å². The van der Waals surface area contributed by atoms with Crippen LogP contribution in [0, 0.1) is 0 Å². The molecule has 0 aliphatic rings. The normalized spacial score (nSPS) is 14.7. The fraction of sp³-hybridized carbons (Fsp3) is 0.111. The summed E-state index contributed by atoms with van der Waals surface area (Å²) < 4.78 is 24.4. The van der Waals surface area contributed by atoms with Crippen LogP contribution in [0.15, 0.2) is 36.5 Å². The molecule has 0 saturated heterocycles. The number of aromatic nitrogens is 1. The van der Waals surface area contributed by atoms with Crippen molar-refractivity contribution < 1.29 is 4.11 Å². The first-order valence-electron chi connectivity index (χ1n) is 4.64. The molecule has 0 radical (unpaired) electrons. The maximum atomic E-state index is 7.62. The van der Waals surface area contributed by atoms with Crippen LogP contribution in [0.4, 0.5) is 0 Å². The Hall–Kier alpha value is -1.24. The Labute approximate surface area is 64.1 Å². The molecule has 0 N–H and O–H groups in total. The molecule has 2 rings (SSSR count). The van der Waals surface area contributed by atoms with E-state index in [4.69, 9.17) is 4.11 Å². The molecule has 0 spiro atoms. The molecule has 0 fully saturated rings. The summed E-state index contributed by atoms with van der Waals surface area (Å²) in [5.41, 5.74) is 0.780. The van der Waals surface area contributed by atoms with Gasteiger partial charge in [-0.2, -0.15) is 0 Å². The van der Waals surface area contributed by atoms with E-state index >= 15 is 0 Å².